The monoisotopic (exact) mass is 599 g/mol. The minimum Gasteiger partial charge on any atom is -0.497 e. The van der Waals surface area contributed by atoms with Crippen LogP contribution in [0.5, 0.6) is 17.2 Å². The quantitative estimate of drug-likeness (QED) is 0.175. The molecule has 0 radical (unpaired) electrons. The van der Waals surface area contributed by atoms with Crippen LogP contribution in [-0.2, 0) is 14.8 Å². The van der Waals surface area contributed by atoms with E-state index in [2.05, 4.69) is 25.5 Å². The largest absolute Gasteiger partial charge is 0.497 e. The van der Waals surface area contributed by atoms with Gasteiger partial charge in [-0.15, -0.1) is 0 Å². The second-order valence-corrected chi connectivity index (χ2v) is 11.2. The van der Waals surface area contributed by atoms with Crippen LogP contribution >= 0.6 is 0 Å². The zero-order chi connectivity index (χ0) is 30.6. The van der Waals surface area contributed by atoms with E-state index < -0.39 is 10.0 Å². The van der Waals surface area contributed by atoms with Gasteiger partial charge < -0.3 is 19.6 Å². The predicted octanol–water partition coefficient (Wildman–Crippen LogP) is 5.60. The first-order valence-corrected chi connectivity index (χ1v) is 14.6. The van der Waals surface area contributed by atoms with E-state index in [1.807, 2.05) is 19.1 Å². The Bertz CT molecular complexity index is 1910. The molecule has 12 heteroatoms. The Hall–Kier alpha value is -5.36. The van der Waals surface area contributed by atoms with Gasteiger partial charge >= 0.3 is 0 Å². The molecule has 5 rings (SSSR count). The van der Waals surface area contributed by atoms with E-state index in [-0.39, 0.29) is 22.4 Å². The van der Waals surface area contributed by atoms with E-state index >= 15 is 0 Å². The van der Waals surface area contributed by atoms with Gasteiger partial charge in [-0.2, -0.15) is 5.48 Å². The van der Waals surface area contributed by atoms with E-state index in [4.69, 9.17) is 14.3 Å². The second-order valence-electron chi connectivity index (χ2n) is 9.48. The summed E-state index contributed by atoms with van der Waals surface area (Å²) in [7, 11) is -1.09. The van der Waals surface area contributed by atoms with Gasteiger partial charge in [0.15, 0.2) is 17.4 Å². The lowest BCUT2D eigenvalue weighted by Crippen LogP contribution is -2.24. The molecule has 0 atom stereocenters. The highest BCUT2D eigenvalue weighted by molar-refractivity contribution is 7.92. The number of hydroxylamine groups is 1. The number of aryl methyl sites for hydroxylation is 1. The van der Waals surface area contributed by atoms with Crippen LogP contribution < -0.4 is 29.8 Å². The Kier molecular flexibility index (Phi) is 8.30. The van der Waals surface area contributed by atoms with Gasteiger partial charge in [0, 0.05) is 36.4 Å². The third-order valence-electron chi connectivity index (χ3n) is 6.39. The van der Waals surface area contributed by atoms with Gasteiger partial charge in [-0.1, -0.05) is 36.4 Å². The summed E-state index contributed by atoms with van der Waals surface area (Å²) >= 11 is 0. The third-order valence-corrected chi connectivity index (χ3v) is 7.72. The number of sulfonamides is 1. The summed E-state index contributed by atoms with van der Waals surface area (Å²) in [5.41, 5.74) is 5.98. The van der Waals surface area contributed by atoms with Crippen molar-refractivity contribution in [1.29, 1.82) is 0 Å². The number of hydrogen-bond acceptors (Lipinski definition) is 9. The molecule has 0 bridgehead atoms. The van der Waals surface area contributed by atoms with Crippen molar-refractivity contribution in [1.82, 2.24) is 15.4 Å². The third kappa shape index (κ3) is 6.60. The number of rotatable bonds is 10. The molecule has 0 saturated heterocycles. The fraction of sp³-hybridized carbons (Fsp3) is 0.129. The number of nitrogens with one attached hydrogen (secondary N) is 3. The van der Waals surface area contributed by atoms with Gasteiger partial charge in [0.1, 0.15) is 11.5 Å². The van der Waals surface area contributed by atoms with Crippen molar-refractivity contribution in [2.24, 2.45) is 0 Å². The van der Waals surface area contributed by atoms with Crippen molar-refractivity contribution in [3.8, 4) is 28.4 Å². The number of methoxy groups -OCH3 is 2. The van der Waals surface area contributed by atoms with Gasteiger partial charge in [-0.05, 0) is 48.4 Å². The number of benzene rings is 4. The first-order chi connectivity index (χ1) is 20.7. The van der Waals surface area contributed by atoms with Crippen LogP contribution in [-0.4, -0.2) is 38.5 Å². The average Bonchev–Trinajstić information content (AvgIpc) is 3.00. The first-order valence-electron chi connectivity index (χ1n) is 13.1. The van der Waals surface area contributed by atoms with Gasteiger partial charge in [0.25, 0.3) is 10.0 Å². The van der Waals surface area contributed by atoms with Gasteiger partial charge in [-0.3, -0.25) is 9.52 Å². The lowest BCUT2D eigenvalue weighted by molar-refractivity contribution is -0.125. The van der Waals surface area contributed by atoms with Crippen LogP contribution in [0.3, 0.4) is 0 Å². The van der Waals surface area contributed by atoms with Crippen LogP contribution in [0.2, 0.25) is 0 Å². The second kappa shape index (κ2) is 12.2. The normalized spacial score (nSPS) is 11.1. The van der Waals surface area contributed by atoms with Crippen molar-refractivity contribution >= 4 is 44.3 Å². The van der Waals surface area contributed by atoms with Crippen molar-refractivity contribution in [2.45, 2.75) is 18.7 Å². The first kappa shape index (κ1) is 29.1. The highest BCUT2D eigenvalue weighted by Crippen LogP contribution is 2.35. The Balaban J connectivity index is 1.54. The molecule has 1 aromatic heterocycles. The molecule has 0 aliphatic heterocycles. The van der Waals surface area contributed by atoms with Crippen molar-refractivity contribution in [2.75, 3.05) is 24.3 Å². The van der Waals surface area contributed by atoms with E-state index in [1.54, 1.807) is 60.7 Å². The van der Waals surface area contributed by atoms with E-state index in [0.29, 0.717) is 45.1 Å². The number of nitrogens with zero attached hydrogens (tertiary/aromatic N) is 2. The number of fused-ring (bicyclic) bond motifs is 1. The molecule has 5 aromatic rings. The molecular formula is C31H29N5O6S. The molecule has 0 unspecified atom stereocenters. The number of aromatic nitrogens is 2. The number of ether oxygens (including phenoxy) is 2. The molecule has 0 saturated carbocycles. The van der Waals surface area contributed by atoms with E-state index in [0.717, 1.165) is 5.56 Å². The lowest BCUT2D eigenvalue weighted by atomic mass is 10.00. The highest BCUT2D eigenvalue weighted by Gasteiger charge is 2.21. The Labute approximate surface area is 248 Å². The Morgan fingerprint density at radius 2 is 1.44 bits per heavy atom. The maximum atomic E-state index is 13.8. The van der Waals surface area contributed by atoms with E-state index in [1.165, 1.54) is 33.3 Å². The number of carbonyl (C=O) groups is 1. The van der Waals surface area contributed by atoms with Crippen LogP contribution in [0.1, 0.15) is 12.5 Å². The molecule has 43 heavy (non-hydrogen) atoms. The fourth-order valence-corrected chi connectivity index (χ4v) is 5.46. The van der Waals surface area contributed by atoms with E-state index in [9.17, 15) is 13.2 Å². The molecule has 0 fully saturated rings. The Morgan fingerprint density at radius 1 is 0.791 bits per heavy atom. The molecule has 3 N–H and O–H groups in total. The summed E-state index contributed by atoms with van der Waals surface area (Å²) in [5.74, 6) is 1.25. The standard InChI is InChI=1S/C31H29N5O6S/c1-19-9-7-14-28(42-35-20(2)37)29(19)21-10-8-11-25(15-21)43(38,39)36-31-30(33-26-12-5-6-13-27(26)34-31)32-22-16-23(40-3)18-24(17-22)41-4/h5-18H,1-4H3,(H,32,33)(H,34,36)(H,35,37). The number of hydrogen-bond donors (Lipinski definition) is 3. The number of amides is 1. The summed E-state index contributed by atoms with van der Waals surface area (Å²) in [6, 6.07) is 24.0. The van der Waals surface area contributed by atoms with Gasteiger partial charge in [0.2, 0.25) is 5.91 Å². The zero-order valence-corrected chi connectivity index (χ0v) is 24.7. The van der Waals surface area contributed by atoms with Crippen molar-refractivity contribution in [3.05, 3.63) is 90.5 Å². The summed E-state index contributed by atoms with van der Waals surface area (Å²) in [6.45, 7) is 3.20. The molecule has 0 spiro atoms. The van der Waals surface area contributed by atoms with Crippen LogP contribution in [0.4, 0.5) is 17.3 Å². The molecule has 11 nitrogen and oxygen atoms in total. The molecule has 0 aliphatic rings. The molecule has 1 amide bonds. The van der Waals surface area contributed by atoms with Crippen LogP contribution in [0.15, 0.2) is 89.8 Å². The highest BCUT2D eigenvalue weighted by atomic mass is 32.2. The molecular weight excluding hydrogens is 570 g/mol. The SMILES string of the molecule is COc1cc(Nc2nc3ccccc3nc2NS(=O)(=O)c2cccc(-c3c(C)cccc3ONC(C)=O)c2)cc(OC)c1. The molecule has 1 heterocycles. The summed E-state index contributed by atoms with van der Waals surface area (Å²) < 4.78 is 40.9. The van der Waals surface area contributed by atoms with Crippen molar-refractivity contribution in [3.63, 3.8) is 0 Å². The lowest BCUT2D eigenvalue weighted by Gasteiger charge is -2.16. The maximum absolute atomic E-state index is 13.8. The predicted molar refractivity (Wildman–Crippen MR) is 164 cm³/mol. The minimum atomic E-state index is -4.16. The van der Waals surface area contributed by atoms with Gasteiger partial charge in [-0.25, -0.2) is 18.4 Å². The number of anilines is 3. The number of para-hydroxylation sites is 2. The fourth-order valence-electron chi connectivity index (χ4n) is 4.40. The Morgan fingerprint density at radius 3 is 2.09 bits per heavy atom. The smallest absolute Gasteiger partial charge is 0.263 e. The minimum absolute atomic E-state index is 0.00328. The topological polar surface area (TPSA) is 141 Å². The van der Waals surface area contributed by atoms with Crippen molar-refractivity contribution < 1.29 is 27.5 Å². The average molecular weight is 600 g/mol. The molecule has 0 aliphatic carbocycles. The van der Waals surface area contributed by atoms with Crippen LogP contribution in [0.25, 0.3) is 22.2 Å². The zero-order valence-electron chi connectivity index (χ0n) is 23.8. The summed E-state index contributed by atoms with van der Waals surface area (Å²) in [4.78, 5) is 26.2. The van der Waals surface area contributed by atoms with Gasteiger partial charge in [0.05, 0.1) is 30.1 Å². The molecule has 4 aromatic carbocycles. The summed E-state index contributed by atoms with van der Waals surface area (Å²) in [5, 5.41) is 3.15. The maximum Gasteiger partial charge on any atom is 0.263 e. The summed E-state index contributed by atoms with van der Waals surface area (Å²) in [6.07, 6.45) is 0. The molecule has 220 valence electrons. The van der Waals surface area contributed by atoms with Crippen LogP contribution in [0, 0.1) is 6.92 Å². The number of carbonyl (C=O) groups excluding carboxylic acids is 1.